The van der Waals surface area contributed by atoms with E-state index in [0.717, 1.165) is 19.1 Å². The van der Waals surface area contributed by atoms with Gasteiger partial charge in [0.25, 0.3) is 0 Å². The molecule has 0 radical (unpaired) electrons. The summed E-state index contributed by atoms with van der Waals surface area (Å²) in [5.74, 6) is 0.0420. The third-order valence-corrected chi connectivity index (χ3v) is 3.06. The Morgan fingerprint density at radius 2 is 2.35 bits per heavy atom. The molecule has 0 bridgehead atoms. The zero-order valence-corrected chi connectivity index (χ0v) is 10.3. The van der Waals surface area contributed by atoms with Gasteiger partial charge in [-0.1, -0.05) is 6.92 Å². The van der Waals surface area contributed by atoms with E-state index in [0.29, 0.717) is 5.69 Å². The van der Waals surface area contributed by atoms with Gasteiger partial charge in [0.2, 0.25) is 0 Å². The van der Waals surface area contributed by atoms with E-state index in [9.17, 15) is 0 Å². The molecule has 0 atom stereocenters. The zero-order valence-electron chi connectivity index (χ0n) is 10.3. The normalized spacial score (nSPS) is 15.2. The first-order valence-electron chi connectivity index (χ1n) is 6.24. The predicted octanol–water partition coefficient (Wildman–Crippen LogP) is 1.74. The fourth-order valence-electron chi connectivity index (χ4n) is 2.07. The maximum absolute atomic E-state index is 7.39. The summed E-state index contributed by atoms with van der Waals surface area (Å²) < 4.78 is 0. The molecule has 4 heteroatoms. The number of rotatable bonds is 6. The Labute approximate surface area is 102 Å². The molecule has 1 aliphatic rings. The van der Waals surface area contributed by atoms with E-state index in [1.54, 1.807) is 6.20 Å². The van der Waals surface area contributed by atoms with Crippen LogP contribution in [0.5, 0.6) is 0 Å². The van der Waals surface area contributed by atoms with Gasteiger partial charge in [-0.2, -0.15) is 0 Å². The molecule has 0 aliphatic heterocycles. The van der Waals surface area contributed by atoms with Crippen LogP contribution in [-0.2, 0) is 6.54 Å². The second-order valence-electron chi connectivity index (χ2n) is 4.66. The van der Waals surface area contributed by atoms with E-state index in [-0.39, 0.29) is 5.84 Å². The quantitative estimate of drug-likeness (QED) is 0.580. The van der Waals surface area contributed by atoms with Crippen LogP contribution < -0.4 is 5.73 Å². The highest BCUT2D eigenvalue weighted by Crippen LogP contribution is 2.28. The molecule has 1 heterocycles. The smallest absolute Gasteiger partial charge is 0.141 e. The van der Waals surface area contributed by atoms with Crippen molar-refractivity contribution in [3.63, 3.8) is 0 Å². The van der Waals surface area contributed by atoms with E-state index in [1.165, 1.54) is 24.8 Å². The highest BCUT2D eigenvalue weighted by Gasteiger charge is 2.28. The van der Waals surface area contributed by atoms with Crippen LogP contribution in [0.2, 0.25) is 0 Å². The molecule has 0 spiro atoms. The number of nitrogens with two attached hydrogens (primary N) is 1. The van der Waals surface area contributed by atoms with Gasteiger partial charge in [0, 0.05) is 18.8 Å². The van der Waals surface area contributed by atoms with Crippen LogP contribution in [-0.4, -0.2) is 28.3 Å². The Hall–Kier alpha value is -1.42. The minimum absolute atomic E-state index is 0.0420. The first-order chi connectivity index (χ1) is 8.20. The minimum atomic E-state index is 0.0420. The second-order valence-corrected chi connectivity index (χ2v) is 4.66. The number of nitrogen functional groups attached to an aromatic ring is 1. The average Bonchev–Trinajstić information content (AvgIpc) is 3.13. The summed E-state index contributed by atoms with van der Waals surface area (Å²) in [4.78, 5) is 6.60. The van der Waals surface area contributed by atoms with Crippen molar-refractivity contribution < 1.29 is 0 Å². The highest BCUT2D eigenvalue weighted by molar-refractivity contribution is 5.93. The van der Waals surface area contributed by atoms with Crippen molar-refractivity contribution in [2.75, 3.05) is 6.54 Å². The highest BCUT2D eigenvalue weighted by atomic mass is 15.2. The van der Waals surface area contributed by atoms with E-state index in [1.807, 2.05) is 12.1 Å². The Morgan fingerprint density at radius 3 is 2.94 bits per heavy atom. The Balaban J connectivity index is 2.05. The van der Waals surface area contributed by atoms with Crippen molar-refractivity contribution in [1.82, 2.24) is 9.88 Å². The lowest BCUT2D eigenvalue weighted by Crippen LogP contribution is -2.26. The molecule has 3 N–H and O–H groups in total. The fourth-order valence-corrected chi connectivity index (χ4v) is 2.07. The molecule has 0 aromatic carbocycles. The van der Waals surface area contributed by atoms with Gasteiger partial charge >= 0.3 is 0 Å². The van der Waals surface area contributed by atoms with Crippen LogP contribution >= 0.6 is 0 Å². The van der Waals surface area contributed by atoms with Crippen LogP contribution in [0.4, 0.5) is 0 Å². The number of nitrogens with one attached hydrogen (secondary N) is 1. The summed E-state index contributed by atoms with van der Waals surface area (Å²) in [5.41, 5.74) is 7.23. The first-order valence-corrected chi connectivity index (χ1v) is 6.24. The molecule has 17 heavy (non-hydrogen) atoms. The Bertz CT molecular complexity index is 398. The molecule has 1 saturated carbocycles. The van der Waals surface area contributed by atoms with Gasteiger partial charge in [-0.3, -0.25) is 15.3 Å². The number of amidine groups is 1. The third-order valence-electron chi connectivity index (χ3n) is 3.06. The third kappa shape index (κ3) is 3.27. The van der Waals surface area contributed by atoms with Gasteiger partial charge in [0.05, 0.1) is 0 Å². The van der Waals surface area contributed by atoms with Crippen LogP contribution in [0.25, 0.3) is 0 Å². The minimum Gasteiger partial charge on any atom is -0.382 e. The molecule has 2 rings (SSSR count). The molecule has 0 amide bonds. The number of pyridine rings is 1. The lowest BCUT2D eigenvalue weighted by Gasteiger charge is -2.21. The molecular weight excluding hydrogens is 212 g/mol. The zero-order chi connectivity index (χ0) is 12.3. The number of aromatic nitrogens is 1. The summed E-state index contributed by atoms with van der Waals surface area (Å²) >= 11 is 0. The average molecular weight is 232 g/mol. The van der Waals surface area contributed by atoms with E-state index in [4.69, 9.17) is 11.1 Å². The van der Waals surface area contributed by atoms with Crippen molar-refractivity contribution in [1.29, 1.82) is 5.41 Å². The number of hydrogen-bond acceptors (Lipinski definition) is 3. The Morgan fingerprint density at radius 1 is 1.59 bits per heavy atom. The molecule has 1 aromatic heterocycles. The van der Waals surface area contributed by atoms with Crippen molar-refractivity contribution in [2.45, 2.75) is 38.8 Å². The summed E-state index contributed by atoms with van der Waals surface area (Å²) in [5, 5.41) is 7.39. The summed E-state index contributed by atoms with van der Waals surface area (Å²) in [6, 6.07) is 4.70. The lowest BCUT2D eigenvalue weighted by molar-refractivity contribution is 0.255. The lowest BCUT2D eigenvalue weighted by atomic mass is 10.2. The van der Waals surface area contributed by atoms with E-state index >= 15 is 0 Å². The van der Waals surface area contributed by atoms with Gasteiger partial charge in [-0.15, -0.1) is 0 Å². The monoisotopic (exact) mass is 232 g/mol. The molecule has 92 valence electrons. The predicted molar refractivity (Wildman–Crippen MR) is 69.0 cm³/mol. The molecule has 1 fully saturated rings. The molecule has 0 saturated heterocycles. The second kappa shape index (κ2) is 5.27. The van der Waals surface area contributed by atoms with Crippen LogP contribution in [0.3, 0.4) is 0 Å². The largest absolute Gasteiger partial charge is 0.382 e. The van der Waals surface area contributed by atoms with Crippen molar-refractivity contribution >= 4 is 5.84 Å². The maximum atomic E-state index is 7.39. The number of hydrogen-bond donors (Lipinski definition) is 2. The SMILES string of the molecule is CCCN(Cc1ccnc(C(=N)N)c1)C1CC1. The van der Waals surface area contributed by atoms with Crippen LogP contribution in [0.15, 0.2) is 18.3 Å². The fraction of sp³-hybridized carbons (Fsp3) is 0.538. The number of nitrogens with zero attached hydrogens (tertiary/aromatic N) is 2. The first kappa shape index (κ1) is 12.0. The molecule has 1 aromatic rings. The molecule has 4 nitrogen and oxygen atoms in total. The van der Waals surface area contributed by atoms with Gasteiger partial charge in [0.15, 0.2) is 0 Å². The van der Waals surface area contributed by atoms with Crippen molar-refractivity contribution in [3.8, 4) is 0 Å². The van der Waals surface area contributed by atoms with Crippen LogP contribution in [0.1, 0.15) is 37.4 Å². The molecular formula is C13H20N4. The maximum Gasteiger partial charge on any atom is 0.141 e. The van der Waals surface area contributed by atoms with E-state index < -0.39 is 0 Å². The van der Waals surface area contributed by atoms with E-state index in [2.05, 4.69) is 16.8 Å². The molecule has 0 unspecified atom stereocenters. The van der Waals surface area contributed by atoms with Gasteiger partial charge in [-0.05, 0) is 43.5 Å². The van der Waals surface area contributed by atoms with Crippen molar-refractivity contribution in [2.24, 2.45) is 5.73 Å². The molecule has 1 aliphatic carbocycles. The van der Waals surface area contributed by atoms with Gasteiger partial charge in [-0.25, -0.2) is 0 Å². The topological polar surface area (TPSA) is 66.0 Å². The van der Waals surface area contributed by atoms with Crippen molar-refractivity contribution in [3.05, 3.63) is 29.6 Å². The van der Waals surface area contributed by atoms with Gasteiger partial charge in [0.1, 0.15) is 11.5 Å². The van der Waals surface area contributed by atoms with Crippen LogP contribution in [0, 0.1) is 5.41 Å². The standard InChI is InChI=1S/C13H20N4/c1-2-7-17(11-3-4-11)9-10-5-6-16-12(8-10)13(14)15/h5-6,8,11H,2-4,7,9H2,1H3,(H3,14,15). The van der Waals surface area contributed by atoms with Gasteiger partial charge < -0.3 is 5.73 Å². The summed E-state index contributed by atoms with van der Waals surface area (Å²) in [6.45, 7) is 4.30. The Kier molecular flexibility index (Phi) is 3.74. The summed E-state index contributed by atoms with van der Waals surface area (Å²) in [7, 11) is 0. The summed E-state index contributed by atoms with van der Waals surface area (Å²) in [6.07, 6.45) is 5.57.